The third-order valence-electron chi connectivity index (χ3n) is 1.83. The van der Waals surface area contributed by atoms with Crippen LogP contribution >= 0.6 is 23.4 Å². The van der Waals surface area contributed by atoms with Crippen LogP contribution in [-0.4, -0.2) is 16.5 Å². The Morgan fingerprint density at radius 3 is 2.47 bits per heavy atom. The lowest BCUT2D eigenvalue weighted by Gasteiger charge is -2.09. The summed E-state index contributed by atoms with van der Waals surface area (Å²) >= 11 is 6.64. The van der Waals surface area contributed by atoms with Crippen molar-refractivity contribution < 1.29 is 9.59 Å². The highest BCUT2D eigenvalue weighted by molar-refractivity contribution is 8.15. The molecular weight excluding hydrogens is 236 g/mol. The number of benzene rings is 1. The zero-order valence-corrected chi connectivity index (χ0v) is 9.06. The van der Waals surface area contributed by atoms with Crippen LogP contribution in [0, 0.1) is 0 Å². The zero-order valence-electron chi connectivity index (χ0n) is 7.49. The first-order valence-electron chi connectivity index (χ1n) is 4.19. The van der Waals surface area contributed by atoms with E-state index in [-0.39, 0.29) is 11.1 Å². The summed E-state index contributed by atoms with van der Waals surface area (Å²) in [5.74, 6) is -0.319. The van der Waals surface area contributed by atoms with Gasteiger partial charge in [-0.3, -0.25) is 14.9 Å². The molecule has 1 aliphatic heterocycles. The van der Waals surface area contributed by atoms with Gasteiger partial charge in [-0.25, -0.2) is 0 Å². The van der Waals surface area contributed by atoms with E-state index < -0.39 is 5.37 Å². The van der Waals surface area contributed by atoms with Crippen LogP contribution < -0.4 is 10.6 Å². The third-order valence-corrected chi connectivity index (χ3v) is 2.97. The van der Waals surface area contributed by atoms with Crippen molar-refractivity contribution in [2.24, 2.45) is 0 Å². The fourth-order valence-corrected chi connectivity index (χ4v) is 2.01. The Labute approximate surface area is 95.4 Å². The number of carbonyl (C=O) groups excluding carboxylic acids is 2. The highest BCUT2D eigenvalue weighted by Crippen LogP contribution is 2.22. The Kier molecular flexibility index (Phi) is 2.83. The summed E-state index contributed by atoms with van der Waals surface area (Å²) in [5, 5.41) is 4.86. The molecule has 1 unspecified atom stereocenters. The molecule has 1 fully saturated rings. The molecule has 2 N–H and O–H groups in total. The quantitative estimate of drug-likeness (QED) is 0.834. The number of hydrogen-bond acceptors (Lipinski definition) is 4. The summed E-state index contributed by atoms with van der Waals surface area (Å²) in [6, 6.07) is 6.92. The molecule has 0 saturated carbocycles. The molecule has 2 rings (SSSR count). The van der Waals surface area contributed by atoms with Crippen molar-refractivity contribution in [1.82, 2.24) is 5.32 Å². The molecule has 6 heteroatoms. The zero-order chi connectivity index (χ0) is 10.8. The summed E-state index contributed by atoms with van der Waals surface area (Å²) in [6.45, 7) is 0. The van der Waals surface area contributed by atoms with E-state index in [1.165, 1.54) is 0 Å². The number of rotatable bonds is 2. The van der Waals surface area contributed by atoms with Gasteiger partial charge in [-0.15, -0.1) is 0 Å². The molecule has 1 aromatic rings. The SMILES string of the molecule is O=C1NC(=O)C(Nc2ccc(Cl)cc2)S1. The standard InChI is InChI=1S/C9H7ClN2O2S/c10-5-1-3-6(4-2-5)11-8-7(13)12-9(14)15-8/h1-4,8,11H,(H,12,13,14). The Morgan fingerprint density at radius 2 is 1.93 bits per heavy atom. The molecule has 1 aliphatic rings. The number of imide groups is 1. The highest BCUT2D eigenvalue weighted by atomic mass is 35.5. The maximum absolute atomic E-state index is 11.2. The molecular formula is C9H7ClN2O2S. The van der Waals surface area contributed by atoms with Crippen LogP contribution in [-0.2, 0) is 4.79 Å². The molecule has 0 bridgehead atoms. The Bertz CT molecular complexity index is 407. The Hall–Kier alpha value is -1.20. The number of halogens is 1. The van der Waals surface area contributed by atoms with Gasteiger partial charge in [-0.1, -0.05) is 11.6 Å². The van der Waals surface area contributed by atoms with Crippen molar-refractivity contribution in [2.75, 3.05) is 5.32 Å². The van der Waals surface area contributed by atoms with Gasteiger partial charge in [0, 0.05) is 10.7 Å². The van der Waals surface area contributed by atoms with Gasteiger partial charge in [0.15, 0.2) is 5.37 Å². The lowest BCUT2D eigenvalue weighted by molar-refractivity contribution is -0.118. The molecule has 15 heavy (non-hydrogen) atoms. The summed E-state index contributed by atoms with van der Waals surface area (Å²) in [6.07, 6.45) is 0. The number of hydrogen-bond donors (Lipinski definition) is 2. The van der Waals surface area contributed by atoms with Crippen molar-refractivity contribution >= 4 is 40.2 Å². The monoisotopic (exact) mass is 242 g/mol. The lowest BCUT2D eigenvalue weighted by atomic mass is 10.3. The van der Waals surface area contributed by atoms with E-state index in [9.17, 15) is 9.59 Å². The van der Waals surface area contributed by atoms with Crippen LogP contribution in [0.5, 0.6) is 0 Å². The van der Waals surface area contributed by atoms with Crippen molar-refractivity contribution in [3.05, 3.63) is 29.3 Å². The number of thioether (sulfide) groups is 1. The Morgan fingerprint density at radius 1 is 1.27 bits per heavy atom. The van der Waals surface area contributed by atoms with E-state index >= 15 is 0 Å². The first-order chi connectivity index (χ1) is 7.15. The van der Waals surface area contributed by atoms with Crippen LogP contribution in [0.25, 0.3) is 0 Å². The minimum atomic E-state index is -0.557. The highest BCUT2D eigenvalue weighted by Gasteiger charge is 2.31. The molecule has 1 atom stereocenters. The number of amides is 2. The summed E-state index contributed by atoms with van der Waals surface area (Å²) in [4.78, 5) is 22.1. The molecule has 0 aromatic heterocycles. The minimum absolute atomic E-state index is 0.319. The summed E-state index contributed by atoms with van der Waals surface area (Å²) in [7, 11) is 0. The lowest BCUT2D eigenvalue weighted by Crippen LogP contribution is -2.29. The van der Waals surface area contributed by atoms with Gasteiger partial charge in [-0.05, 0) is 36.0 Å². The van der Waals surface area contributed by atoms with E-state index in [4.69, 9.17) is 11.6 Å². The van der Waals surface area contributed by atoms with Crippen molar-refractivity contribution in [1.29, 1.82) is 0 Å². The average molecular weight is 243 g/mol. The molecule has 1 aromatic carbocycles. The first-order valence-corrected chi connectivity index (χ1v) is 5.44. The van der Waals surface area contributed by atoms with E-state index in [0.717, 1.165) is 17.4 Å². The topological polar surface area (TPSA) is 58.2 Å². The second kappa shape index (κ2) is 4.12. The van der Waals surface area contributed by atoms with E-state index in [0.29, 0.717) is 5.02 Å². The molecule has 2 amide bonds. The molecule has 0 radical (unpaired) electrons. The van der Waals surface area contributed by atoms with E-state index in [1.807, 2.05) is 0 Å². The third kappa shape index (κ3) is 2.43. The fourth-order valence-electron chi connectivity index (χ4n) is 1.15. The molecule has 1 heterocycles. The van der Waals surface area contributed by atoms with E-state index in [1.54, 1.807) is 24.3 Å². The number of anilines is 1. The van der Waals surface area contributed by atoms with Gasteiger partial charge >= 0.3 is 0 Å². The van der Waals surface area contributed by atoms with Gasteiger partial charge in [0.1, 0.15) is 0 Å². The fraction of sp³-hybridized carbons (Fsp3) is 0.111. The summed E-state index contributed by atoms with van der Waals surface area (Å²) < 4.78 is 0. The van der Waals surface area contributed by atoms with Crippen LogP contribution in [0.4, 0.5) is 10.5 Å². The minimum Gasteiger partial charge on any atom is -0.365 e. The van der Waals surface area contributed by atoms with Crippen LogP contribution in [0.1, 0.15) is 0 Å². The average Bonchev–Trinajstić information content (AvgIpc) is 2.49. The first kappa shape index (κ1) is 10.3. The molecule has 1 saturated heterocycles. The second-order valence-corrected chi connectivity index (χ2v) is 4.44. The molecule has 78 valence electrons. The predicted octanol–water partition coefficient (Wildman–Crippen LogP) is 2.06. The van der Waals surface area contributed by atoms with Crippen molar-refractivity contribution in [3.8, 4) is 0 Å². The normalized spacial score (nSPS) is 20.2. The van der Waals surface area contributed by atoms with Gasteiger partial charge in [-0.2, -0.15) is 0 Å². The second-order valence-electron chi connectivity index (χ2n) is 2.93. The molecule has 0 aliphatic carbocycles. The van der Waals surface area contributed by atoms with Gasteiger partial charge < -0.3 is 5.32 Å². The van der Waals surface area contributed by atoms with Crippen LogP contribution in [0.3, 0.4) is 0 Å². The van der Waals surface area contributed by atoms with Gasteiger partial charge in [0.25, 0.3) is 11.1 Å². The number of nitrogens with one attached hydrogen (secondary N) is 2. The molecule has 4 nitrogen and oxygen atoms in total. The summed E-state index contributed by atoms with van der Waals surface area (Å²) in [5.41, 5.74) is 0.752. The Balaban J connectivity index is 2.06. The van der Waals surface area contributed by atoms with Crippen LogP contribution in [0.15, 0.2) is 24.3 Å². The predicted molar refractivity (Wildman–Crippen MR) is 60.0 cm³/mol. The molecule has 0 spiro atoms. The van der Waals surface area contributed by atoms with Gasteiger partial charge in [0.05, 0.1) is 0 Å². The smallest absolute Gasteiger partial charge is 0.288 e. The van der Waals surface area contributed by atoms with Crippen LogP contribution in [0.2, 0.25) is 5.02 Å². The maximum atomic E-state index is 11.2. The largest absolute Gasteiger partial charge is 0.365 e. The van der Waals surface area contributed by atoms with Crippen molar-refractivity contribution in [3.63, 3.8) is 0 Å². The van der Waals surface area contributed by atoms with E-state index in [2.05, 4.69) is 10.6 Å². The maximum Gasteiger partial charge on any atom is 0.288 e. The number of carbonyl (C=O) groups is 2. The van der Waals surface area contributed by atoms with Gasteiger partial charge in [0.2, 0.25) is 0 Å². The van der Waals surface area contributed by atoms with Crippen molar-refractivity contribution in [2.45, 2.75) is 5.37 Å².